The lowest BCUT2D eigenvalue weighted by Gasteiger charge is -2.28. The predicted molar refractivity (Wildman–Crippen MR) is 88.7 cm³/mol. The SMILES string of the molecule is C1CCC1.Cc1csc2c(N3CCOCC3)nc(Cl)nc12. The minimum absolute atomic E-state index is 0.320. The molecule has 0 atom stereocenters. The van der Waals surface area contributed by atoms with Crippen LogP contribution in [0.4, 0.5) is 5.82 Å². The standard InChI is InChI=1S/C11H12ClN3OS.C4H8/c1-7-6-17-9-8(7)13-11(12)14-10(9)15-2-4-16-5-3-15;1-2-4-3-1/h6H,2-5H2,1H3;1-4H2. The van der Waals surface area contributed by atoms with Crippen molar-refractivity contribution in [3.8, 4) is 0 Å². The number of hydrogen-bond acceptors (Lipinski definition) is 5. The smallest absolute Gasteiger partial charge is 0.224 e. The van der Waals surface area contributed by atoms with Crippen molar-refractivity contribution in [1.82, 2.24) is 9.97 Å². The van der Waals surface area contributed by atoms with Gasteiger partial charge in [0.15, 0.2) is 5.82 Å². The van der Waals surface area contributed by atoms with Crippen molar-refractivity contribution < 1.29 is 4.74 Å². The van der Waals surface area contributed by atoms with Crippen LogP contribution >= 0.6 is 22.9 Å². The van der Waals surface area contributed by atoms with Gasteiger partial charge in [-0.2, -0.15) is 4.98 Å². The summed E-state index contributed by atoms with van der Waals surface area (Å²) in [5.74, 6) is 0.946. The number of ether oxygens (including phenoxy) is 1. The summed E-state index contributed by atoms with van der Waals surface area (Å²) in [6.07, 6.45) is 6.00. The molecule has 2 aromatic heterocycles. The zero-order valence-corrected chi connectivity index (χ0v) is 13.8. The fourth-order valence-corrected chi connectivity index (χ4v) is 3.40. The molecule has 0 aromatic carbocycles. The molecular formula is C15H20ClN3OS. The van der Waals surface area contributed by atoms with Crippen LogP contribution < -0.4 is 4.90 Å². The highest BCUT2D eigenvalue weighted by Gasteiger charge is 2.18. The van der Waals surface area contributed by atoms with E-state index in [1.807, 2.05) is 6.92 Å². The number of aryl methyl sites for hydroxylation is 1. The lowest BCUT2D eigenvalue weighted by molar-refractivity contribution is 0.122. The fraction of sp³-hybridized carbons (Fsp3) is 0.600. The number of fused-ring (bicyclic) bond motifs is 1. The van der Waals surface area contributed by atoms with Crippen LogP contribution in [-0.4, -0.2) is 36.3 Å². The Bertz CT molecular complexity index is 602. The molecular weight excluding hydrogens is 306 g/mol. The number of anilines is 1. The summed E-state index contributed by atoms with van der Waals surface area (Å²) >= 11 is 7.67. The van der Waals surface area contributed by atoms with E-state index in [-0.39, 0.29) is 0 Å². The molecule has 0 radical (unpaired) electrons. The minimum Gasteiger partial charge on any atom is -0.378 e. The summed E-state index contributed by atoms with van der Waals surface area (Å²) in [4.78, 5) is 10.9. The van der Waals surface area contributed by atoms with Crippen LogP contribution in [0.15, 0.2) is 5.38 Å². The van der Waals surface area contributed by atoms with Gasteiger partial charge in [-0.05, 0) is 29.5 Å². The Morgan fingerprint density at radius 2 is 1.81 bits per heavy atom. The van der Waals surface area contributed by atoms with Gasteiger partial charge in [-0.3, -0.25) is 0 Å². The maximum absolute atomic E-state index is 6.00. The van der Waals surface area contributed by atoms with Gasteiger partial charge in [-0.25, -0.2) is 4.98 Å². The molecule has 1 aliphatic heterocycles. The molecule has 0 spiro atoms. The molecule has 3 heterocycles. The molecule has 114 valence electrons. The first-order chi connectivity index (χ1) is 10.3. The van der Waals surface area contributed by atoms with Crippen LogP contribution in [0.2, 0.25) is 5.28 Å². The number of aromatic nitrogens is 2. The topological polar surface area (TPSA) is 38.2 Å². The molecule has 2 aromatic rings. The largest absolute Gasteiger partial charge is 0.378 e. The molecule has 1 saturated heterocycles. The molecule has 6 heteroatoms. The number of hydrogen-bond donors (Lipinski definition) is 0. The van der Waals surface area contributed by atoms with Crippen molar-refractivity contribution in [3.05, 3.63) is 16.2 Å². The van der Waals surface area contributed by atoms with Gasteiger partial charge in [0, 0.05) is 13.1 Å². The van der Waals surface area contributed by atoms with E-state index in [9.17, 15) is 0 Å². The van der Waals surface area contributed by atoms with Gasteiger partial charge in [0.1, 0.15) is 0 Å². The Balaban J connectivity index is 0.000000287. The highest BCUT2D eigenvalue weighted by Crippen LogP contribution is 2.32. The Hall–Kier alpha value is -0.910. The molecule has 2 aliphatic rings. The van der Waals surface area contributed by atoms with E-state index in [4.69, 9.17) is 16.3 Å². The van der Waals surface area contributed by atoms with E-state index in [0.717, 1.165) is 47.9 Å². The van der Waals surface area contributed by atoms with E-state index in [2.05, 4.69) is 20.2 Å². The van der Waals surface area contributed by atoms with Crippen molar-refractivity contribution in [1.29, 1.82) is 0 Å². The second kappa shape index (κ2) is 6.90. The van der Waals surface area contributed by atoms with E-state index >= 15 is 0 Å². The van der Waals surface area contributed by atoms with E-state index < -0.39 is 0 Å². The van der Waals surface area contributed by atoms with Crippen molar-refractivity contribution in [2.45, 2.75) is 32.6 Å². The van der Waals surface area contributed by atoms with Crippen LogP contribution in [0.3, 0.4) is 0 Å². The van der Waals surface area contributed by atoms with Crippen molar-refractivity contribution in [3.63, 3.8) is 0 Å². The zero-order chi connectivity index (χ0) is 14.7. The van der Waals surface area contributed by atoms with Crippen molar-refractivity contribution in [2.75, 3.05) is 31.2 Å². The van der Waals surface area contributed by atoms with Crippen LogP contribution in [-0.2, 0) is 4.74 Å². The number of morpholine rings is 1. The monoisotopic (exact) mass is 325 g/mol. The zero-order valence-electron chi connectivity index (χ0n) is 12.3. The summed E-state index contributed by atoms with van der Waals surface area (Å²) < 4.78 is 6.47. The molecule has 0 bridgehead atoms. The lowest BCUT2D eigenvalue weighted by Crippen LogP contribution is -2.36. The van der Waals surface area contributed by atoms with Crippen LogP contribution in [0, 0.1) is 6.92 Å². The first-order valence-electron chi connectivity index (χ1n) is 7.50. The Kier molecular flexibility index (Phi) is 4.93. The maximum atomic E-state index is 6.00. The third kappa shape index (κ3) is 3.47. The first kappa shape index (κ1) is 15.0. The molecule has 0 unspecified atom stereocenters. The van der Waals surface area contributed by atoms with Gasteiger partial charge >= 0.3 is 0 Å². The summed E-state index contributed by atoms with van der Waals surface area (Å²) in [5.41, 5.74) is 2.13. The highest BCUT2D eigenvalue weighted by atomic mass is 35.5. The van der Waals surface area contributed by atoms with Crippen LogP contribution in [0.25, 0.3) is 10.2 Å². The second-order valence-corrected chi connectivity index (χ2v) is 6.64. The normalized spacial score (nSPS) is 18.1. The number of nitrogens with zero attached hydrogens (tertiary/aromatic N) is 3. The minimum atomic E-state index is 0.320. The molecule has 0 N–H and O–H groups in total. The van der Waals surface area contributed by atoms with E-state index in [1.165, 1.54) is 25.7 Å². The van der Waals surface area contributed by atoms with Gasteiger partial charge < -0.3 is 9.64 Å². The second-order valence-electron chi connectivity index (χ2n) is 5.43. The predicted octanol–water partition coefficient (Wildman–Crippen LogP) is 4.05. The number of halogens is 1. The molecule has 1 aliphatic carbocycles. The quantitative estimate of drug-likeness (QED) is 0.741. The number of rotatable bonds is 1. The number of thiophene rings is 1. The summed E-state index contributed by atoms with van der Waals surface area (Å²) in [5, 5.41) is 2.42. The van der Waals surface area contributed by atoms with Crippen molar-refractivity contribution in [2.24, 2.45) is 0 Å². The first-order valence-corrected chi connectivity index (χ1v) is 8.75. The molecule has 1 saturated carbocycles. The van der Waals surface area contributed by atoms with E-state index in [0.29, 0.717) is 5.28 Å². The average molecular weight is 326 g/mol. The van der Waals surface area contributed by atoms with Gasteiger partial charge in [0.05, 0.1) is 23.4 Å². The van der Waals surface area contributed by atoms with Gasteiger partial charge in [-0.1, -0.05) is 25.7 Å². The third-order valence-corrected chi connectivity index (χ3v) is 5.11. The molecule has 4 nitrogen and oxygen atoms in total. The maximum Gasteiger partial charge on any atom is 0.224 e. The van der Waals surface area contributed by atoms with Gasteiger partial charge in [-0.15, -0.1) is 11.3 Å². The summed E-state index contributed by atoms with van der Waals surface area (Å²) in [6.45, 7) is 5.25. The van der Waals surface area contributed by atoms with Gasteiger partial charge in [0.25, 0.3) is 0 Å². The molecule has 2 fully saturated rings. The molecule has 0 amide bonds. The Morgan fingerprint density at radius 3 is 2.43 bits per heavy atom. The summed E-state index contributed by atoms with van der Waals surface area (Å²) in [7, 11) is 0. The van der Waals surface area contributed by atoms with E-state index in [1.54, 1.807) is 11.3 Å². The van der Waals surface area contributed by atoms with Crippen LogP contribution in [0.1, 0.15) is 31.2 Å². The molecule has 4 rings (SSSR count). The highest BCUT2D eigenvalue weighted by molar-refractivity contribution is 7.18. The average Bonchev–Trinajstić information content (AvgIpc) is 2.79. The molecule has 21 heavy (non-hydrogen) atoms. The lowest BCUT2D eigenvalue weighted by atomic mass is 10.0. The Morgan fingerprint density at radius 1 is 1.14 bits per heavy atom. The van der Waals surface area contributed by atoms with Crippen molar-refractivity contribution >= 4 is 39.0 Å². The third-order valence-electron chi connectivity index (χ3n) is 3.86. The van der Waals surface area contributed by atoms with Crippen LogP contribution in [0.5, 0.6) is 0 Å². The Labute approximate surface area is 134 Å². The summed E-state index contributed by atoms with van der Waals surface area (Å²) in [6, 6.07) is 0. The fourth-order valence-electron chi connectivity index (χ4n) is 2.23. The van der Waals surface area contributed by atoms with Gasteiger partial charge in [0.2, 0.25) is 5.28 Å².